The molecule has 26 heavy (non-hydrogen) atoms. The number of hydrogen-bond donors (Lipinski definition) is 2. The van der Waals surface area contributed by atoms with Gasteiger partial charge in [-0.3, -0.25) is 4.72 Å². The Morgan fingerprint density at radius 1 is 1.31 bits per heavy atom. The summed E-state index contributed by atoms with van der Waals surface area (Å²) in [5.41, 5.74) is 0.336. The third-order valence-electron chi connectivity index (χ3n) is 4.10. The van der Waals surface area contributed by atoms with E-state index in [0.29, 0.717) is 6.07 Å². The smallest absolute Gasteiger partial charge is 0.363 e. The van der Waals surface area contributed by atoms with E-state index in [1.165, 1.54) is 0 Å². The fraction of sp³-hybridized carbons (Fsp3) is 0.357. The molecule has 2 heterocycles. The lowest BCUT2D eigenvalue weighted by Crippen LogP contribution is -2.29. The standard InChI is InChI=1S/C14H11ClF5N3O2S/c15-8-4-9(16)13(22-12(8)17)23-26(24,25)11-5-21-10-3-6(14(18,19)20)1-2-7(10)11/h4-6,21H,1-3H2,(H,22,23). The first-order valence-corrected chi connectivity index (χ1v) is 9.15. The summed E-state index contributed by atoms with van der Waals surface area (Å²) in [6.07, 6.45) is -4.12. The summed E-state index contributed by atoms with van der Waals surface area (Å²) in [6, 6.07) is 0.558. The van der Waals surface area contributed by atoms with Gasteiger partial charge in [0.05, 0.1) is 10.9 Å². The lowest BCUT2D eigenvalue weighted by atomic mass is 9.87. The van der Waals surface area contributed by atoms with Crippen LogP contribution in [0.2, 0.25) is 5.02 Å². The van der Waals surface area contributed by atoms with Crippen LogP contribution in [0.25, 0.3) is 0 Å². The second-order valence-electron chi connectivity index (χ2n) is 5.79. The first kappa shape index (κ1) is 18.9. The van der Waals surface area contributed by atoms with E-state index in [4.69, 9.17) is 11.6 Å². The molecule has 0 aromatic carbocycles. The largest absolute Gasteiger partial charge is 0.392 e. The fourth-order valence-corrected chi connectivity index (χ4v) is 4.23. The predicted molar refractivity (Wildman–Crippen MR) is 82.3 cm³/mol. The zero-order valence-corrected chi connectivity index (χ0v) is 14.4. The molecule has 1 atom stereocenters. The first-order chi connectivity index (χ1) is 12.0. The van der Waals surface area contributed by atoms with Gasteiger partial charge in [-0.25, -0.2) is 12.8 Å². The highest BCUT2D eigenvalue weighted by Gasteiger charge is 2.42. The molecule has 1 aliphatic carbocycles. The van der Waals surface area contributed by atoms with Crippen molar-refractivity contribution in [3.05, 3.63) is 40.3 Å². The Bertz CT molecular complexity index is 958. The number of rotatable bonds is 3. The molecule has 5 nitrogen and oxygen atoms in total. The van der Waals surface area contributed by atoms with Crippen LogP contribution >= 0.6 is 11.6 Å². The number of aromatic amines is 1. The zero-order chi connectivity index (χ0) is 19.3. The number of aromatic nitrogens is 2. The van der Waals surface area contributed by atoms with Crippen LogP contribution in [-0.4, -0.2) is 24.6 Å². The minimum Gasteiger partial charge on any atom is -0.363 e. The number of H-pyrrole nitrogens is 1. The van der Waals surface area contributed by atoms with Crippen LogP contribution < -0.4 is 4.72 Å². The van der Waals surface area contributed by atoms with Gasteiger partial charge in [-0.05, 0) is 24.8 Å². The van der Waals surface area contributed by atoms with Crippen molar-refractivity contribution in [1.82, 2.24) is 9.97 Å². The molecule has 2 aromatic rings. The topological polar surface area (TPSA) is 74.8 Å². The minimum atomic E-state index is -4.39. The molecule has 0 saturated heterocycles. The molecule has 2 N–H and O–H groups in total. The van der Waals surface area contributed by atoms with Gasteiger partial charge in [-0.1, -0.05) is 11.6 Å². The van der Waals surface area contributed by atoms with Crippen molar-refractivity contribution in [3.63, 3.8) is 0 Å². The molecular weight excluding hydrogens is 405 g/mol. The highest BCUT2D eigenvalue weighted by molar-refractivity contribution is 7.92. The van der Waals surface area contributed by atoms with Gasteiger partial charge in [0, 0.05) is 18.0 Å². The number of nitrogens with one attached hydrogen (secondary N) is 2. The second kappa shape index (κ2) is 6.38. The maximum absolute atomic E-state index is 13.8. The van der Waals surface area contributed by atoms with Gasteiger partial charge in [0.25, 0.3) is 10.0 Å². The third-order valence-corrected chi connectivity index (χ3v) is 5.77. The molecule has 0 aliphatic heterocycles. The summed E-state index contributed by atoms with van der Waals surface area (Å²) in [7, 11) is -4.39. The Morgan fingerprint density at radius 2 is 2.00 bits per heavy atom. The molecule has 3 rings (SSSR count). The molecule has 0 radical (unpaired) electrons. The Labute approximate surface area is 149 Å². The second-order valence-corrected chi connectivity index (χ2v) is 7.85. The number of fused-ring (bicyclic) bond motifs is 1. The van der Waals surface area contributed by atoms with Crippen molar-refractivity contribution in [3.8, 4) is 0 Å². The van der Waals surface area contributed by atoms with Crippen LogP contribution in [0, 0.1) is 17.7 Å². The summed E-state index contributed by atoms with van der Waals surface area (Å²) >= 11 is 5.35. The molecule has 0 amide bonds. The quantitative estimate of drug-likeness (QED) is 0.591. The third kappa shape index (κ3) is 3.50. The summed E-state index contributed by atoms with van der Waals surface area (Å²) in [6.45, 7) is 0. The highest BCUT2D eigenvalue weighted by atomic mass is 35.5. The SMILES string of the molecule is O=S(=O)(Nc1nc(F)c(Cl)cc1F)c1c[nH]c2c1CCC(C(F)(F)F)C2. The molecule has 0 saturated carbocycles. The van der Waals surface area contributed by atoms with Gasteiger partial charge >= 0.3 is 6.18 Å². The zero-order valence-electron chi connectivity index (χ0n) is 12.8. The van der Waals surface area contributed by atoms with E-state index in [1.807, 2.05) is 0 Å². The van der Waals surface area contributed by atoms with Crippen LogP contribution in [0.15, 0.2) is 17.2 Å². The molecule has 1 aliphatic rings. The number of nitrogens with zero attached hydrogens (tertiary/aromatic N) is 1. The molecule has 2 aromatic heterocycles. The lowest BCUT2D eigenvalue weighted by molar-refractivity contribution is -0.177. The molecule has 0 bridgehead atoms. The Kier molecular flexibility index (Phi) is 4.63. The summed E-state index contributed by atoms with van der Waals surface area (Å²) < 4.78 is 92.3. The lowest BCUT2D eigenvalue weighted by Gasteiger charge is -2.24. The number of anilines is 1. The molecule has 142 valence electrons. The monoisotopic (exact) mass is 415 g/mol. The Morgan fingerprint density at radius 3 is 2.65 bits per heavy atom. The van der Waals surface area contributed by atoms with Crippen LogP contribution in [-0.2, 0) is 22.9 Å². The highest BCUT2D eigenvalue weighted by Crippen LogP contribution is 2.38. The summed E-state index contributed by atoms with van der Waals surface area (Å²) in [5, 5.41) is -0.623. The number of sulfonamides is 1. The Balaban J connectivity index is 1.91. The van der Waals surface area contributed by atoms with E-state index in [1.54, 1.807) is 4.72 Å². The number of hydrogen-bond acceptors (Lipinski definition) is 3. The fourth-order valence-electron chi connectivity index (χ4n) is 2.82. The average Bonchev–Trinajstić information content (AvgIpc) is 2.95. The minimum absolute atomic E-state index is 0.121. The van der Waals surface area contributed by atoms with Crippen molar-refractivity contribution in [1.29, 1.82) is 0 Å². The van der Waals surface area contributed by atoms with Crippen molar-refractivity contribution in [2.45, 2.75) is 30.3 Å². The van der Waals surface area contributed by atoms with E-state index in [9.17, 15) is 30.4 Å². The van der Waals surface area contributed by atoms with Gasteiger partial charge in [-0.15, -0.1) is 0 Å². The summed E-state index contributed by atoms with van der Waals surface area (Å²) in [5.74, 6) is -4.93. The maximum Gasteiger partial charge on any atom is 0.392 e. The van der Waals surface area contributed by atoms with E-state index in [0.717, 1.165) is 6.20 Å². The molecule has 12 heteroatoms. The molecule has 0 fully saturated rings. The summed E-state index contributed by atoms with van der Waals surface area (Å²) in [4.78, 5) is 5.30. The molecule has 1 unspecified atom stereocenters. The van der Waals surface area contributed by atoms with Crippen molar-refractivity contribution < 1.29 is 30.4 Å². The van der Waals surface area contributed by atoms with Crippen LogP contribution in [0.5, 0.6) is 0 Å². The van der Waals surface area contributed by atoms with Crippen LogP contribution in [0.4, 0.5) is 27.8 Å². The molecule has 0 spiro atoms. The number of halogens is 6. The first-order valence-electron chi connectivity index (χ1n) is 7.29. The van der Waals surface area contributed by atoms with Gasteiger partial charge < -0.3 is 4.98 Å². The van der Waals surface area contributed by atoms with Gasteiger partial charge in [0.2, 0.25) is 5.95 Å². The van der Waals surface area contributed by atoms with Crippen molar-refractivity contribution in [2.24, 2.45) is 5.92 Å². The number of alkyl halides is 3. The van der Waals surface area contributed by atoms with Gasteiger partial charge in [-0.2, -0.15) is 22.5 Å². The Hall–Kier alpha value is -1.88. The normalized spacial score (nSPS) is 17.8. The van der Waals surface area contributed by atoms with E-state index in [-0.39, 0.29) is 35.4 Å². The van der Waals surface area contributed by atoms with E-state index >= 15 is 0 Å². The maximum atomic E-state index is 13.8. The van der Waals surface area contributed by atoms with E-state index in [2.05, 4.69) is 9.97 Å². The van der Waals surface area contributed by atoms with Gasteiger partial charge in [0.1, 0.15) is 4.90 Å². The van der Waals surface area contributed by atoms with Crippen LogP contribution in [0.1, 0.15) is 17.7 Å². The van der Waals surface area contributed by atoms with Crippen molar-refractivity contribution in [2.75, 3.05) is 4.72 Å². The number of pyridine rings is 1. The predicted octanol–water partition coefficient (Wildman–Crippen LogP) is 3.81. The van der Waals surface area contributed by atoms with Crippen molar-refractivity contribution >= 4 is 27.4 Å². The van der Waals surface area contributed by atoms with E-state index < -0.39 is 44.7 Å². The van der Waals surface area contributed by atoms with Crippen LogP contribution in [0.3, 0.4) is 0 Å². The van der Waals surface area contributed by atoms with Gasteiger partial charge in [0.15, 0.2) is 11.6 Å². The average molecular weight is 416 g/mol. The molecular formula is C14H11ClF5N3O2S.